The minimum Gasteiger partial charge on any atom is -0.379 e. The van der Waals surface area contributed by atoms with E-state index in [4.69, 9.17) is 14.7 Å². The lowest BCUT2D eigenvalue weighted by molar-refractivity contribution is -0.0602. The van der Waals surface area contributed by atoms with Gasteiger partial charge in [-0.1, -0.05) is 0 Å². The van der Waals surface area contributed by atoms with Gasteiger partial charge in [0.05, 0.1) is 25.1 Å². The van der Waals surface area contributed by atoms with Crippen molar-refractivity contribution in [2.45, 2.75) is 83.7 Å². The summed E-state index contributed by atoms with van der Waals surface area (Å²) in [4.78, 5) is 15.6. The maximum absolute atomic E-state index is 5.56. The molecule has 33 heavy (non-hydrogen) atoms. The van der Waals surface area contributed by atoms with Crippen molar-refractivity contribution >= 4 is 27.4 Å². The third-order valence-corrected chi connectivity index (χ3v) is 10.9. The molecule has 1 aliphatic heterocycles. The molecule has 0 aromatic carbocycles. The Hall–Kier alpha value is -1.24. The third kappa shape index (κ3) is 3.71. The molecular weight excluding hydrogens is 428 g/mol. The summed E-state index contributed by atoms with van der Waals surface area (Å²) in [7, 11) is 0. The molecule has 4 saturated carbocycles. The molecule has 6 aliphatic rings. The average Bonchev–Trinajstić information content (AvgIpc) is 3.17. The molecule has 6 heteroatoms. The molecule has 0 radical (unpaired) electrons. The van der Waals surface area contributed by atoms with Crippen LogP contribution in [0, 0.1) is 23.2 Å². The van der Waals surface area contributed by atoms with E-state index in [-0.39, 0.29) is 0 Å². The molecule has 1 N–H and O–H groups in total. The second-order valence-electron chi connectivity index (χ2n) is 11.9. The summed E-state index contributed by atoms with van der Waals surface area (Å²) in [6, 6.07) is 0.486. The normalized spacial score (nSPS) is 34.5. The van der Waals surface area contributed by atoms with Gasteiger partial charge in [-0.15, -0.1) is 11.3 Å². The first-order valence-electron chi connectivity index (χ1n) is 13.5. The fourth-order valence-corrected chi connectivity index (χ4v) is 9.68. The first-order chi connectivity index (χ1) is 16.1. The number of hydrogen-bond acceptors (Lipinski definition) is 6. The quantitative estimate of drug-likeness (QED) is 0.638. The molecule has 3 heterocycles. The lowest BCUT2D eigenvalue weighted by Crippen LogP contribution is -2.53. The fraction of sp³-hybridized carbons (Fsp3) is 0.778. The van der Waals surface area contributed by atoms with Crippen LogP contribution in [0.3, 0.4) is 0 Å². The Balaban J connectivity index is 1.24. The molecule has 178 valence electrons. The Morgan fingerprint density at radius 3 is 2.45 bits per heavy atom. The topological polar surface area (TPSA) is 50.3 Å². The van der Waals surface area contributed by atoms with Gasteiger partial charge in [-0.2, -0.15) is 0 Å². The van der Waals surface area contributed by atoms with Crippen LogP contribution in [0.5, 0.6) is 0 Å². The van der Waals surface area contributed by atoms with Crippen LogP contribution >= 0.6 is 11.3 Å². The summed E-state index contributed by atoms with van der Waals surface area (Å²) in [5.74, 6) is 5.08. The monoisotopic (exact) mass is 466 g/mol. The van der Waals surface area contributed by atoms with Crippen molar-refractivity contribution in [3.63, 3.8) is 0 Å². The number of aryl methyl sites for hydroxylation is 2. The van der Waals surface area contributed by atoms with E-state index in [0.29, 0.717) is 11.5 Å². The number of nitrogens with one attached hydrogen (secondary N) is 1. The highest BCUT2D eigenvalue weighted by molar-refractivity contribution is 7.19. The minimum absolute atomic E-state index is 0.479. The molecule has 4 bridgehead atoms. The average molecular weight is 467 g/mol. The van der Waals surface area contributed by atoms with Crippen molar-refractivity contribution in [3.8, 4) is 0 Å². The predicted octanol–water partition coefficient (Wildman–Crippen LogP) is 5.42. The van der Waals surface area contributed by atoms with Gasteiger partial charge >= 0.3 is 0 Å². The molecule has 8 rings (SSSR count). The Morgan fingerprint density at radius 1 is 1.03 bits per heavy atom. The van der Waals surface area contributed by atoms with Crippen LogP contribution in [0.25, 0.3) is 10.2 Å². The van der Waals surface area contributed by atoms with Gasteiger partial charge in [0.2, 0.25) is 0 Å². The largest absolute Gasteiger partial charge is 0.379 e. The molecule has 5 nitrogen and oxygen atoms in total. The molecule has 0 unspecified atom stereocenters. The summed E-state index contributed by atoms with van der Waals surface area (Å²) in [5.41, 5.74) is 2.03. The Labute approximate surface area is 201 Å². The van der Waals surface area contributed by atoms with Gasteiger partial charge in [0, 0.05) is 24.0 Å². The molecule has 5 aliphatic carbocycles. The highest BCUT2D eigenvalue weighted by Crippen LogP contribution is 2.61. The van der Waals surface area contributed by atoms with Crippen LogP contribution in [-0.2, 0) is 24.1 Å². The van der Waals surface area contributed by atoms with E-state index in [0.717, 1.165) is 62.2 Å². The first kappa shape index (κ1) is 21.1. The predicted molar refractivity (Wildman–Crippen MR) is 134 cm³/mol. The van der Waals surface area contributed by atoms with Gasteiger partial charge < -0.3 is 10.1 Å². The first-order valence-corrected chi connectivity index (χ1v) is 14.3. The van der Waals surface area contributed by atoms with E-state index < -0.39 is 0 Å². The molecule has 2 aromatic rings. The number of ether oxygens (including phenoxy) is 1. The number of hydrogen-bond donors (Lipinski definition) is 1. The number of rotatable bonds is 5. The summed E-state index contributed by atoms with van der Waals surface area (Å²) in [6.45, 7) is 6.92. The molecule has 5 fully saturated rings. The summed E-state index contributed by atoms with van der Waals surface area (Å²) in [5, 5.41) is 5.43. The van der Waals surface area contributed by atoms with Crippen molar-refractivity contribution in [1.82, 2.24) is 14.9 Å². The SMILES string of the molecule is C[C@H](Nc1nc(CN2CCOCC2)nc2sc3c(c12)CCCC3)C12CC3CC(CC(C3)C1)C2. The van der Waals surface area contributed by atoms with Gasteiger partial charge in [-0.25, -0.2) is 9.97 Å². The highest BCUT2D eigenvalue weighted by atomic mass is 32.1. The molecule has 1 atom stereocenters. The third-order valence-electron chi connectivity index (χ3n) is 9.69. The van der Waals surface area contributed by atoms with Crippen LogP contribution in [0.4, 0.5) is 5.82 Å². The maximum atomic E-state index is 5.56. The Kier molecular flexibility index (Phi) is 5.22. The highest BCUT2D eigenvalue weighted by Gasteiger charge is 2.53. The van der Waals surface area contributed by atoms with Crippen molar-refractivity contribution in [3.05, 3.63) is 16.3 Å². The van der Waals surface area contributed by atoms with Gasteiger partial charge in [0.25, 0.3) is 0 Å². The summed E-state index contributed by atoms with van der Waals surface area (Å²) < 4.78 is 5.56. The van der Waals surface area contributed by atoms with Gasteiger partial charge in [-0.05, 0) is 99.9 Å². The molecular formula is C27H38N4OS. The van der Waals surface area contributed by atoms with Crippen molar-refractivity contribution in [1.29, 1.82) is 0 Å². The number of morpholine rings is 1. The van der Waals surface area contributed by atoms with Crippen LogP contribution in [0.2, 0.25) is 0 Å². The zero-order chi connectivity index (χ0) is 22.0. The van der Waals surface area contributed by atoms with Crippen molar-refractivity contribution in [2.24, 2.45) is 23.2 Å². The second-order valence-corrected chi connectivity index (χ2v) is 13.0. The molecule has 1 saturated heterocycles. The van der Waals surface area contributed by atoms with E-state index >= 15 is 0 Å². The summed E-state index contributed by atoms with van der Waals surface area (Å²) in [6.07, 6.45) is 13.9. The number of aromatic nitrogens is 2. The van der Waals surface area contributed by atoms with E-state index in [1.807, 2.05) is 11.3 Å². The smallest absolute Gasteiger partial charge is 0.146 e. The van der Waals surface area contributed by atoms with Crippen molar-refractivity contribution in [2.75, 3.05) is 31.6 Å². The lowest BCUT2D eigenvalue weighted by Gasteiger charge is -2.59. The molecule has 0 amide bonds. The van der Waals surface area contributed by atoms with E-state index in [1.165, 1.54) is 74.4 Å². The van der Waals surface area contributed by atoms with E-state index in [9.17, 15) is 0 Å². The number of anilines is 1. The van der Waals surface area contributed by atoms with Gasteiger partial charge in [-0.3, -0.25) is 4.90 Å². The van der Waals surface area contributed by atoms with Gasteiger partial charge in [0.15, 0.2) is 0 Å². The molecule has 0 spiro atoms. The van der Waals surface area contributed by atoms with Crippen LogP contribution in [0.1, 0.15) is 74.6 Å². The van der Waals surface area contributed by atoms with E-state index in [2.05, 4.69) is 17.1 Å². The number of thiophene rings is 1. The second kappa shape index (κ2) is 8.17. The van der Waals surface area contributed by atoms with Crippen molar-refractivity contribution < 1.29 is 4.74 Å². The Morgan fingerprint density at radius 2 is 1.73 bits per heavy atom. The summed E-state index contributed by atoms with van der Waals surface area (Å²) >= 11 is 1.94. The Bertz CT molecular complexity index is 1010. The van der Waals surface area contributed by atoms with Crippen LogP contribution < -0.4 is 5.32 Å². The van der Waals surface area contributed by atoms with E-state index in [1.54, 1.807) is 10.4 Å². The number of nitrogens with zero attached hydrogens (tertiary/aromatic N) is 3. The fourth-order valence-electron chi connectivity index (χ4n) is 8.40. The molecule has 2 aromatic heterocycles. The number of fused-ring (bicyclic) bond motifs is 3. The zero-order valence-corrected chi connectivity index (χ0v) is 20.9. The minimum atomic E-state index is 0.479. The zero-order valence-electron chi connectivity index (χ0n) is 20.1. The van der Waals surface area contributed by atoms with Crippen LogP contribution in [0.15, 0.2) is 0 Å². The maximum Gasteiger partial charge on any atom is 0.146 e. The standard InChI is InChI=1S/C27H38N4OS/c1-17(27-13-18-10-19(14-27)12-20(11-18)15-27)28-25-24-21-4-2-3-5-22(21)33-26(24)30-23(29-25)16-31-6-8-32-9-7-31/h17-20H,2-16H2,1H3,(H,28,29,30)/t17-,18?,19?,20?,27?/m0/s1. The van der Waals surface area contributed by atoms with Gasteiger partial charge in [0.1, 0.15) is 16.5 Å². The lowest BCUT2D eigenvalue weighted by atomic mass is 9.48. The van der Waals surface area contributed by atoms with Crippen LogP contribution in [-0.4, -0.2) is 47.2 Å².